The van der Waals surface area contributed by atoms with Gasteiger partial charge in [0.15, 0.2) is 0 Å². The molecule has 0 rings (SSSR count). The molecule has 0 radical (unpaired) electrons. The Morgan fingerprint density at radius 3 is 2.33 bits per heavy atom. The van der Waals surface area contributed by atoms with Crippen molar-refractivity contribution in [2.75, 3.05) is 19.7 Å². The zero-order chi connectivity index (χ0) is 16.1. The highest BCUT2D eigenvalue weighted by Gasteiger charge is 2.05. The predicted molar refractivity (Wildman–Crippen MR) is 69.7 cm³/mol. The van der Waals surface area contributed by atoms with Gasteiger partial charge in [-0.3, -0.25) is 14.4 Å². The smallest absolute Gasteiger partial charge is 0.322 e. The fourth-order valence-corrected chi connectivity index (χ4v) is 1.37. The third-order valence-corrected chi connectivity index (χ3v) is 2.36. The first-order chi connectivity index (χ1) is 9.91. The highest BCUT2D eigenvalue weighted by molar-refractivity contribution is 5.82. The molecule has 0 aliphatic heterocycles. The summed E-state index contributed by atoms with van der Waals surface area (Å²) in [6.07, 6.45) is 1.95. The Morgan fingerprint density at radius 1 is 1.05 bits per heavy atom. The molecule has 0 aliphatic rings. The van der Waals surface area contributed by atoms with Crippen molar-refractivity contribution in [1.82, 2.24) is 10.6 Å². The van der Waals surface area contributed by atoms with Crippen molar-refractivity contribution in [3.63, 3.8) is 0 Å². The number of aliphatic carboxylic acids is 1. The fourth-order valence-electron chi connectivity index (χ4n) is 1.37. The Kier molecular flexibility index (Phi) is 10.1. The van der Waals surface area contributed by atoms with Crippen molar-refractivity contribution in [3.8, 4) is 0 Å². The minimum absolute atomic E-state index is 0.00962. The van der Waals surface area contributed by atoms with E-state index in [9.17, 15) is 24.5 Å². The van der Waals surface area contributed by atoms with Crippen LogP contribution in [0, 0.1) is 10.1 Å². The van der Waals surface area contributed by atoms with Gasteiger partial charge in [-0.15, -0.1) is 10.1 Å². The Morgan fingerprint density at radius 2 is 1.71 bits per heavy atom. The number of hydrogen-bond donors (Lipinski definition) is 3. The lowest BCUT2D eigenvalue weighted by Crippen LogP contribution is -2.33. The van der Waals surface area contributed by atoms with Crippen molar-refractivity contribution in [1.29, 1.82) is 0 Å². The normalized spacial score (nSPS) is 9.71. The summed E-state index contributed by atoms with van der Waals surface area (Å²) < 4.78 is 0. The lowest BCUT2D eigenvalue weighted by molar-refractivity contribution is -0.757. The first-order valence-corrected chi connectivity index (χ1v) is 6.44. The number of nitrogens with zero attached hydrogens (tertiary/aromatic N) is 1. The fraction of sp³-hybridized carbons (Fsp3) is 0.727. The molecule has 0 spiro atoms. The molecule has 0 aliphatic carbocycles. The van der Waals surface area contributed by atoms with E-state index in [1.807, 2.05) is 0 Å². The second kappa shape index (κ2) is 11.4. The zero-order valence-corrected chi connectivity index (χ0v) is 11.5. The number of unbranched alkanes of at least 4 members (excludes halogenated alkanes) is 2. The van der Waals surface area contributed by atoms with Crippen LogP contribution in [0.4, 0.5) is 0 Å². The average Bonchev–Trinajstić information content (AvgIpc) is 2.40. The molecule has 10 heteroatoms. The Labute approximate surface area is 120 Å². The Bertz CT molecular complexity index is 373. The molecule has 10 nitrogen and oxygen atoms in total. The molecule has 0 unspecified atom stereocenters. The van der Waals surface area contributed by atoms with Crippen molar-refractivity contribution >= 4 is 17.8 Å². The quantitative estimate of drug-likeness (QED) is 0.249. The van der Waals surface area contributed by atoms with Crippen LogP contribution in [0.1, 0.15) is 32.1 Å². The monoisotopic (exact) mass is 305 g/mol. The van der Waals surface area contributed by atoms with Crippen LogP contribution >= 0.6 is 0 Å². The number of amides is 2. The number of carboxylic acids is 1. The van der Waals surface area contributed by atoms with Crippen LogP contribution in [0.15, 0.2) is 0 Å². The van der Waals surface area contributed by atoms with Crippen molar-refractivity contribution in [2.24, 2.45) is 0 Å². The topological polar surface area (TPSA) is 148 Å². The first kappa shape index (κ1) is 18.6. The summed E-state index contributed by atoms with van der Waals surface area (Å²) in [5.41, 5.74) is 0. The number of nitrogens with one attached hydrogen (secondary N) is 2. The Balaban J connectivity index is 3.44. The van der Waals surface area contributed by atoms with Crippen LogP contribution in [-0.4, -0.2) is 47.7 Å². The van der Waals surface area contributed by atoms with E-state index in [4.69, 9.17) is 5.11 Å². The van der Waals surface area contributed by atoms with Crippen LogP contribution in [0.25, 0.3) is 0 Å². The van der Waals surface area contributed by atoms with Crippen LogP contribution in [0.2, 0.25) is 0 Å². The van der Waals surface area contributed by atoms with E-state index in [2.05, 4.69) is 15.5 Å². The summed E-state index contributed by atoms with van der Waals surface area (Å²) in [5.74, 6) is -1.81. The number of carboxylic acid groups (broad SMARTS) is 1. The maximum Gasteiger partial charge on any atom is 0.322 e. The molecule has 0 bridgehead atoms. The summed E-state index contributed by atoms with van der Waals surface area (Å²) in [6, 6.07) is 0. The highest BCUT2D eigenvalue weighted by atomic mass is 16.9. The molecule has 0 aromatic rings. The molecule has 21 heavy (non-hydrogen) atoms. The molecule has 3 N–H and O–H groups in total. The number of carbonyl (C=O) groups is 3. The van der Waals surface area contributed by atoms with E-state index in [-0.39, 0.29) is 31.9 Å². The van der Waals surface area contributed by atoms with Crippen LogP contribution in [0.3, 0.4) is 0 Å². The van der Waals surface area contributed by atoms with Crippen molar-refractivity contribution in [3.05, 3.63) is 10.1 Å². The third-order valence-electron chi connectivity index (χ3n) is 2.36. The average molecular weight is 305 g/mol. The second-order valence-electron chi connectivity index (χ2n) is 4.14. The van der Waals surface area contributed by atoms with Gasteiger partial charge in [0.05, 0.1) is 6.61 Å². The lowest BCUT2D eigenvalue weighted by Gasteiger charge is -2.05. The lowest BCUT2D eigenvalue weighted by atomic mass is 10.2. The van der Waals surface area contributed by atoms with Gasteiger partial charge < -0.3 is 20.6 Å². The van der Waals surface area contributed by atoms with Gasteiger partial charge in [-0.1, -0.05) is 6.42 Å². The van der Waals surface area contributed by atoms with E-state index < -0.39 is 23.5 Å². The summed E-state index contributed by atoms with van der Waals surface area (Å²) in [5, 5.41) is 22.0. The van der Waals surface area contributed by atoms with E-state index in [1.165, 1.54) is 0 Å². The van der Waals surface area contributed by atoms with Gasteiger partial charge in [0.2, 0.25) is 11.8 Å². The zero-order valence-electron chi connectivity index (χ0n) is 11.5. The van der Waals surface area contributed by atoms with Gasteiger partial charge in [0.25, 0.3) is 5.09 Å². The number of hydrogen-bond acceptors (Lipinski definition) is 6. The van der Waals surface area contributed by atoms with Crippen molar-refractivity contribution < 1.29 is 29.4 Å². The Hall–Kier alpha value is -2.39. The molecule has 0 aromatic heterocycles. The SMILES string of the molecule is O=C(O)CNC(=O)CCNC(=O)CCCCCO[N+](=O)[O-]. The molecule has 0 fully saturated rings. The number of carbonyl (C=O) groups excluding carboxylic acids is 2. The summed E-state index contributed by atoms with van der Waals surface area (Å²) >= 11 is 0. The maximum atomic E-state index is 11.4. The molecule has 2 amide bonds. The summed E-state index contributed by atoms with van der Waals surface area (Å²) in [6.45, 7) is -0.300. The molecule has 120 valence electrons. The summed E-state index contributed by atoms with van der Waals surface area (Å²) in [7, 11) is 0. The van der Waals surface area contributed by atoms with Gasteiger partial charge in [-0.25, -0.2) is 0 Å². The predicted octanol–water partition coefficient (Wildman–Crippen LogP) is -0.538. The molecular formula is C11H19N3O7. The molecule has 0 atom stereocenters. The molecule has 0 saturated carbocycles. The first-order valence-electron chi connectivity index (χ1n) is 6.44. The van der Waals surface area contributed by atoms with Gasteiger partial charge in [-0.2, -0.15) is 0 Å². The maximum absolute atomic E-state index is 11.4. The van der Waals surface area contributed by atoms with E-state index in [1.54, 1.807) is 0 Å². The van der Waals surface area contributed by atoms with Gasteiger partial charge in [0.1, 0.15) is 6.54 Å². The molecule has 0 aromatic carbocycles. The van der Waals surface area contributed by atoms with Crippen LogP contribution in [0.5, 0.6) is 0 Å². The van der Waals surface area contributed by atoms with Gasteiger partial charge in [-0.05, 0) is 12.8 Å². The summed E-state index contributed by atoms with van der Waals surface area (Å²) in [4.78, 5) is 46.6. The van der Waals surface area contributed by atoms with Gasteiger partial charge >= 0.3 is 5.97 Å². The van der Waals surface area contributed by atoms with Crippen LogP contribution < -0.4 is 10.6 Å². The van der Waals surface area contributed by atoms with E-state index in [0.717, 1.165) is 0 Å². The van der Waals surface area contributed by atoms with E-state index in [0.29, 0.717) is 19.3 Å². The standard InChI is InChI=1S/C11H19N3O7/c15-9(4-2-1-3-7-21-14(19)20)12-6-5-10(16)13-8-11(17)18/h1-8H2,(H,12,15)(H,13,16)(H,17,18). The highest BCUT2D eigenvalue weighted by Crippen LogP contribution is 2.00. The van der Waals surface area contributed by atoms with Crippen molar-refractivity contribution in [2.45, 2.75) is 32.1 Å². The minimum atomic E-state index is -1.13. The van der Waals surface area contributed by atoms with E-state index >= 15 is 0 Å². The largest absolute Gasteiger partial charge is 0.480 e. The molecular weight excluding hydrogens is 286 g/mol. The third kappa shape index (κ3) is 13.8. The number of rotatable bonds is 12. The second-order valence-corrected chi connectivity index (χ2v) is 4.14. The van der Waals surface area contributed by atoms with Crippen LogP contribution in [-0.2, 0) is 19.2 Å². The molecule has 0 saturated heterocycles. The molecule has 0 heterocycles. The van der Waals surface area contributed by atoms with Gasteiger partial charge in [0, 0.05) is 19.4 Å². The minimum Gasteiger partial charge on any atom is -0.480 e.